The predicted octanol–water partition coefficient (Wildman–Crippen LogP) is 4.09. The van der Waals surface area contributed by atoms with Crippen LogP contribution in [0.1, 0.15) is 35.7 Å². The van der Waals surface area contributed by atoms with Crippen LogP contribution < -0.4 is 16.0 Å². The monoisotopic (exact) mass is 472 g/mol. The molecule has 30 heavy (non-hydrogen) atoms. The summed E-state index contributed by atoms with van der Waals surface area (Å²) in [7, 11) is 0. The summed E-state index contributed by atoms with van der Waals surface area (Å²) < 4.78 is 6.55. The minimum Gasteiger partial charge on any atom is -0.376 e. The largest absolute Gasteiger partial charge is 0.376 e. The number of carbonyl (C=O) groups excluding carboxylic acids is 2. The molecule has 1 fully saturated rings. The molecule has 1 aliphatic rings. The number of nitrogens with zero attached hydrogens (tertiary/aromatic N) is 1. The third kappa shape index (κ3) is 6.40. The molecule has 1 unspecified atom stereocenters. The Morgan fingerprint density at radius 1 is 1.20 bits per heavy atom. The summed E-state index contributed by atoms with van der Waals surface area (Å²) in [6.45, 7) is 4.51. The van der Waals surface area contributed by atoms with Crippen LogP contribution in [-0.4, -0.2) is 37.0 Å². The van der Waals surface area contributed by atoms with Crippen molar-refractivity contribution >= 4 is 45.1 Å². The molecule has 8 heteroatoms. The van der Waals surface area contributed by atoms with Crippen LogP contribution in [0.15, 0.2) is 51.9 Å². The third-order valence-electron chi connectivity index (χ3n) is 4.61. The molecule has 0 saturated carbocycles. The Balaban J connectivity index is 1.78. The number of carbonyl (C=O) groups is 2. The van der Waals surface area contributed by atoms with E-state index in [0.717, 1.165) is 35.2 Å². The SMILES string of the molecule is CC(=O)Nc1cc(C(=O)NC(=NCC2CCCO2)Nc2cccc(Br)c2)ccc1C. The van der Waals surface area contributed by atoms with Crippen molar-refractivity contribution in [3.63, 3.8) is 0 Å². The van der Waals surface area contributed by atoms with Crippen molar-refractivity contribution in [2.24, 2.45) is 4.99 Å². The topological polar surface area (TPSA) is 91.8 Å². The van der Waals surface area contributed by atoms with E-state index < -0.39 is 0 Å². The zero-order valence-electron chi connectivity index (χ0n) is 17.0. The van der Waals surface area contributed by atoms with E-state index in [-0.39, 0.29) is 17.9 Å². The zero-order valence-corrected chi connectivity index (χ0v) is 18.6. The molecule has 0 radical (unpaired) electrons. The summed E-state index contributed by atoms with van der Waals surface area (Å²) in [6, 6.07) is 12.8. The van der Waals surface area contributed by atoms with Gasteiger partial charge in [-0.15, -0.1) is 0 Å². The Kier molecular flexibility index (Phi) is 7.59. The maximum absolute atomic E-state index is 12.9. The van der Waals surface area contributed by atoms with Crippen LogP contribution >= 0.6 is 15.9 Å². The van der Waals surface area contributed by atoms with Gasteiger partial charge in [-0.1, -0.05) is 28.1 Å². The molecule has 0 aliphatic carbocycles. The molecule has 1 heterocycles. The smallest absolute Gasteiger partial charge is 0.258 e. The van der Waals surface area contributed by atoms with Crippen molar-refractivity contribution in [1.29, 1.82) is 0 Å². The van der Waals surface area contributed by atoms with Gasteiger partial charge < -0.3 is 15.4 Å². The van der Waals surface area contributed by atoms with Crippen LogP contribution in [0.5, 0.6) is 0 Å². The molecule has 2 amide bonds. The first-order valence-electron chi connectivity index (χ1n) is 9.79. The molecule has 0 aromatic heterocycles. The zero-order chi connectivity index (χ0) is 21.5. The number of ether oxygens (including phenoxy) is 1. The number of hydrogen-bond acceptors (Lipinski definition) is 4. The number of rotatable bonds is 5. The molecule has 2 aromatic carbocycles. The second kappa shape index (κ2) is 10.4. The Morgan fingerprint density at radius 3 is 2.73 bits per heavy atom. The standard InChI is InChI=1S/C22H25BrN4O3/c1-14-8-9-16(11-20(14)25-15(2)28)21(29)27-22(24-13-19-7-4-10-30-19)26-18-6-3-5-17(23)12-18/h3,5-6,8-9,11-12,19H,4,7,10,13H2,1-2H3,(H,25,28)(H2,24,26,27,29). The Bertz CT molecular complexity index is 955. The van der Waals surface area contributed by atoms with E-state index in [2.05, 4.69) is 36.9 Å². The van der Waals surface area contributed by atoms with E-state index in [4.69, 9.17) is 4.74 Å². The molecule has 0 spiro atoms. The van der Waals surface area contributed by atoms with E-state index in [9.17, 15) is 9.59 Å². The van der Waals surface area contributed by atoms with Gasteiger partial charge >= 0.3 is 0 Å². The van der Waals surface area contributed by atoms with Crippen LogP contribution in [0.3, 0.4) is 0 Å². The third-order valence-corrected chi connectivity index (χ3v) is 5.10. The molecule has 0 bridgehead atoms. The summed E-state index contributed by atoms with van der Waals surface area (Å²) in [4.78, 5) is 28.8. The van der Waals surface area contributed by atoms with Gasteiger partial charge in [0.1, 0.15) is 0 Å². The second-order valence-electron chi connectivity index (χ2n) is 7.12. The molecule has 3 N–H and O–H groups in total. The van der Waals surface area contributed by atoms with Crippen molar-refractivity contribution < 1.29 is 14.3 Å². The van der Waals surface area contributed by atoms with E-state index >= 15 is 0 Å². The van der Waals surface area contributed by atoms with Crippen molar-refractivity contribution in [3.8, 4) is 0 Å². The van der Waals surface area contributed by atoms with Gasteiger partial charge in [0.2, 0.25) is 11.9 Å². The number of aryl methyl sites for hydroxylation is 1. The second-order valence-corrected chi connectivity index (χ2v) is 8.04. The number of hydrogen-bond donors (Lipinski definition) is 3. The first-order chi connectivity index (χ1) is 14.4. The Morgan fingerprint density at radius 2 is 2.03 bits per heavy atom. The average Bonchev–Trinajstić information content (AvgIpc) is 3.21. The lowest BCUT2D eigenvalue weighted by Gasteiger charge is -2.14. The lowest BCUT2D eigenvalue weighted by Crippen LogP contribution is -2.36. The van der Waals surface area contributed by atoms with Gasteiger partial charge in [-0.2, -0.15) is 0 Å². The number of aliphatic imine (C=N–C) groups is 1. The number of anilines is 2. The number of guanidine groups is 1. The van der Waals surface area contributed by atoms with Crippen molar-refractivity contribution in [3.05, 3.63) is 58.1 Å². The van der Waals surface area contributed by atoms with Crippen LogP contribution in [0.2, 0.25) is 0 Å². The average molecular weight is 473 g/mol. The molecule has 1 aliphatic heterocycles. The van der Waals surface area contributed by atoms with Gasteiger partial charge in [0.05, 0.1) is 12.6 Å². The van der Waals surface area contributed by atoms with Gasteiger partial charge in [0, 0.05) is 34.9 Å². The first-order valence-corrected chi connectivity index (χ1v) is 10.6. The van der Waals surface area contributed by atoms with Crippen LogP contribution in [0.25, 0.3) is 0 Å². The highest BCUT2D eigenvalue weighted by Gasteiger charge is 2.16. The predicted molar refractivity (Wildman–Crippen MR) is 122 cm³/mol. The van der Waals surface area contributed by atoms with Crippen molar-refractivity contribution in [2.75, 3.05) is 23.8 Å². The molecule has 158 valence electrons. The number of halogens is 1. The minimum absolute atomic E-state index is 0.0620. The highest BCUT2D eigenvalue weighted by atomic mass is 79.9. The maximum Gasteiger partial charge on any atom is 0.258 e. The van der Waals surface area contributed by atoms with Gasteiger partial charge in [-0.3, -0.25) is 14.9 Å². The number of nitrogens with one attached hydrogen (secondary N) is 3. The molecule has 2 aromatic rings. The molecular weight excluding hydrogens is 448 g/mol. The van der Waals surface area contributed by atoms with Crippen LogP contribution in [-0.2, 0) is 9.53 Å². The Labute approximate surface area is 184 Å². The first kappa shape index (κ1) is 22.0. The fourth-order valence-corrected chi connectivity index (χ4v) is 3.46. The molecular formula is C22H25BrN4O3. The molecule has 1 saturated heterocycles. The van der Waals surface area contributed by atoms with E-state index in [1.165, 1.54) is 6.92 Å². The van der Waals surface area contributed by atoms with E-state index in [0.29, 0.717) is 23.8 Å². The van der Waals surface area contributed by atoms with Gasteiger partial charge in [0.15, 0.2) is 0 Å². The molecule has 1 atom stereocenters. The lowest BCUT2D eigenvalue weighted by molar-refractivity contribution is -0.114. The number of benzene rings is 2. The summed E-state index contributed by atoms with van der Waals surface area (Å²) in [5.74, 6) is -0.170. The van der Waals surface area contributed by atoms with Crippen molar-refractivity contribution in [2.45, 2.75) is 32.8 Å². The fraction of sp³-hybridized carbons (Fsp3) is 0.318. The minimum atomic E-state index is -0.324. The summed E-state index contributed by atoms with van der Waals surface area (Å²) >= 11 is 3.45. The van der Waals surface area contributed by atoms with Crippen LogP contribution in [0, 0.1) is 6.92 Å². The summed E-state index contributed by atoms with van der Waals surface area (Å²) in [6.07, 6.45) is 2.04. The highest BCUT2D eigenvalue weighted by molar-refractivity contribution is 9.10. The van der Waals surface area contributed by atoms with E-state index in [1.807, 2.05) is 31.2 Å². The van der Waals surface area contributed by atoms with Gasteiger partial charge in [0.25, 0.3) is 5.91 Å². The molecule has 7 nitrogen and oxygen atoms in total. The summed E-state index contributed by atoms with van der Waals surface area (Å²) in [5, 5.41) is 8.75. The Hall–Kier alpha value is -2.71. The lowest BCUT2D eigenvalue weighted by atomic mass is 10.1. The van der Waals surface area contributed by atoms with Gasteiger partial charge in [-0.05, 0) is 55.7 Å². The number of amides is 2. The summed E-state index contributed by atoms with van der Waals surface area (Å²) in [5.41, 5.74) is 2.69. The van der Waals surface area contributed by atoms with Crippen LogP contribution in [0.4, 0.5) is 11.4 Å². The van der Waals surface area contributed by atoms with E-state index in [1.54, 1.807) is 18.2 Å². The fourth-order valence-electron chi connectivity index (χ4n) is 3.06. The highest BCUT2D eigenvalue weighted by Crippen LogP contribution is 2.18. The normalized spacial score (nSPS) is 16.2. The van der Waals surface area contributed by atoms with Gasteiger partial charge in [-0.25, -0.2) is 4.99 Å². The quantitative estimate of drug-likeness (QED) is 0.451. The molecule has 3 rings (SSSR count). The maximum atomic E-state index is 12.9. The van der Waals surface area contributed by atoms with Crippen molar-refractivity contribution in [1.82, 2.24) is 5.32 Å².